The second kappa shape index (κ2) is 5.74. The van der Waals surface area contributed by atoms with Crippen LogP contribution in [-0.4, -0.2) is 22.9 Å². The van der Waals surface area contributed by atoms with Crippen molar-refractivity contribution in [1.82, 2.24) is 4.90 Å². The van der Waals surface area contributed by atoms with Crippen LogP contribution in [0.2, 0.25) is 0 Å². The lowest BCUT2D eigenvalue weighted by atomic mass is 10.1. The highest BCUT2D eigenvalue weighted by atomic mass is 16.2. The predicted molar refractivity (Wildman–Crippen MR) is 77.8 cm³/mol. The Kier molecular flexibility index (Phi) is 4.25. The van der Waals surface area contributed by atoms with E-state index in [-0.39, 0.29) is 11.9 Å². The minimum absolute atomic E-state index is 0.0616. The molecule has 0 bridgehead atoms. The van der Waals surface area contributed by atoms with Crippen LogP contribution in [0.25, 0.3) is 0 Å². The van der Waals surface area contributed by atoms with Crippen molar-refractivity contribution in [3.05, 3.63) is 34.9 Å². The first kappa shape index (κ1) is 14.1. The molecule has 1 aromatic carbocycles. The molecule has 19 heavy (non-hydrogen) atoms. The van der Waals surface area contributed by atoms with Crippen LogP contribution in [0.3, 0.4) is 0 Å². The van der Waals surface area contributed by atoms with Gasteiger partial charge >= 0.3 is 0 Å². The molecular formula is C16H24N2O. The van der Waals surface area contributed by atoms with Gasteiger partial charge in [-0.2, -0.15) is 0 Å². The Balaban J connectivity index is 2.08. The Labute approximate surface area is 115 Å². The summed E-state index contributed by atoms with van der Waals surface area (Å²) in [5.41, 5.74) is 9.54. The molecule has 3 heteroatoms. The molecule has 1 aromatic rings. The average molecular weight is 260 g/mol. The quantitative estimate of drug-likeness (QED) is 0.884. The lowest BCUT2D eigenvalue weighted by Gasteiger charge is -2.24. The van der Waals surface area contributed by atoms with E-state index >= 15 is 0 Å². The van der Waals surface area contributed by atoms with E-state index in [2.05, 4.69) is 32.0 Å². The zero-order valence-electron chi connectivity index (χ0n) is 12.1. The number of hydrogen-bond acceptors (Lipinski definition) is 2. The summed E-state index contributed by atoms with van der Waals surface area (Å²) in [5.74, 6) is 0.190. The van der Waals surface area contributed by atoms with Crippen LogP contribution in [-0.2, 0) is 11.3 Å². The maximum Gasteiger partial charge on any atom is 0.224 e. The Bertz CT molecular complexity index is 464. The molecule has 1 aliphatic carbocycles. The van der Waals surface area contributed by atoms with Crippen molar-refractivity contribution in [3.63, 3.8) is 0 Å². The molecule has 1 unspecified atom stereocenters. The number of benzene rings is 1. The van der Waals surface area contributed by atoms with E-state index in [1.165, 1.54) is 16.7 Å². The predicted octanol–water partition coefficient (Wildman–Crippen LogP) is 2.53. The highest BCUT2D eigenvalue weighted by molar-refractivity contribution is 5.77. The molecule has 0 heterocycles. The SMILES string of the molecule is Cc1ccc(CN(C(=O)CC(C)N)C2CC2)cc1C. The van der Waals surface area contributed by atoms with Gasteiger partial charge in [0.2, 0.25) is 5.91 Å². The first-order valence-corrected chi connectivity index (χ1v) is 7.08. The van der Waals surface area contributed by atoms with Gasteiger partial charge in [-0.05, 0) is 50.3 Å². The Morgan fingerprint density at radius 1 is 1.37 bits per heavy atom. The number of carbonyl (C=O) groups excluding carboxylic acids is 1. The maximum atomic E-state index is 12.2. The standard InChI is InChI=1S/C16H24N2O/c1-11-4-5-14(8-12(11)2)10-18(15-6-7-15)16(19)9-13(3)17/h4-5,8,13,15H,6-7,9-10,17H2,1-3H3. The van der Waals surface area contributed by atoms with Gasteiger partial charge in [0, 0.05) is 25.0 Å². The van der Waals surface area contributed by atoms with Crippen molar-refractivity contribution in [2.24, 2.45) is 5.73 Å². The fourth-order valence-corrected chi connectivity index (χ4v) is 2.30. The monoisotopic (exact) mass is 260 g/mol. The van der Waals surface area contributed by atoms with Gasteiger partial charge in [0.25, 0.3) is 0 Å². The summed E-state index contributed by atoms with van der Waals surface area (Å²) in [6.45, 7) is 6.83. The number of nitrogens with two attached hydrogens (primary N) is 1. The number of hydrogen-bond donors (Lipinski definition) is 1. The van der Waals surface area contributed by atoms with Gasteiger partial charge in [0.1, 0.15) is 0 Å². The van der Waals surface area contributed by atoms with Crippen molar-refractivity contribution in [3.8, 4) is 0 Å². The molecule has 1 fully saturated rings. The number of nitrogens with zero attached hydrogens (tertiary/aromatic N) is 1. The van der Waals surface area contributed by atoms with Gasteiger partial charge in [-0.1, -0.05) is 18.2 Å². The van der Waals surface area contributed by atoms with Crippen LogP contribution in [0.4, 0.5) is 0 Å². The summed E-state index contributed by atoms with van der Waals surface area (Å²) < 4.78 is 0. The molecule has 0 spiro atoms. The molecule has 2 rings (SSSR count). The number of aryl methyl sites for hydroxylation is 2. The summed E-state index contributed by atoms with van der Waals surface area (Å²) in [5, 5.41) is 0. The van der Waals surface area contributed by atoms with Crippen molar-refractivity contribution < 1.29 is 4.79 Å². The molecule has 0 aliphatic heterocycles. The van der Waals surface area contributed by atoms with Gasteiger partial charge in [-0.15, -0.1) is 0 Å². The summed E-state index contributed by atoms with van der Waals surface area (Å²) in [6, 6.07) is 6.81. The Morgan fingerprint density at radius 3 is 2.58 bits per heavy atom. The summed E-state index contributed by atoms with van der Waals surface area (Å²) in [7, 11) is 0. The van der Waals surface area contributed by atoms with Crippen LogP contribution in [0.1, 0.15) is 42.9 Å². The fraction of sp³-hybridized carbons (Fsp3) is 0.562. The van der Waals surface area contributed by atoms with E-state index in [9.17, 15) is 4.79 Å². The van der Waals surface area contributed by atoms with Crippen molar-refractivity contribution >= 4 is 5.91 Å². The van der Waals surface area contributed by atoms with E-state index in [1.807, 2.05) is 11.8 Å². The topological polar surface area (TPSA) is 46.3 Å². The largest absolute Gasteiger partial charge is 0.335 e. The Hall–Kier alpha value is -1.35. The number of carbonyl (C=O) groups is 1. The molecule has 0 radical (unpaired) electrons. The van der Waals surface area contributed by atoms with Crippen molar-refractivity contribution in [2.75, 3.05) is 0 Å². The van der Waals surface area contributed by atoms with E-state index in [1.54, 1.807) is 0 Å². The summed E-state index contributed by atoms with van der Waals surface area (Å²) in [6.07, 6.45) is 2.71. The van der Waals surface area contributed by atoms with Crippen LogP contribution < -0.4 is 5.73 Å². The smallest absolute Gasteiger partial charge is 0.224 e. The van der Waals surface area contributed by atoms with Gasteiger partial charge in [-0.25, -0.2) is 0 Å². The molecule has 0 aromatic heterocycles. The zero-order chi connectivity index (χ0) is 14.0. The fourth-order valence-electron chi connectivity index (χ4n) is 2.30. The molecule has 1 amide bonds. The van der Waals surface area contributed by atoms with E-state index < -0.39 is 0 Å². The summed E-state index contributed by atoms with van der Waals surface area (Å²) in [4.78, 5) is 14.2. The lowest BCUT2D eigenvalue weighted by molar-refractivity contribution is -0.132. The molecule has 3 nitrogen and oxygen atoms in total. The molecule has 1 atom stereocenters. The second-order valence-corrected chi connectivity index (χ2v) is 5.85. The third-order valence-corrected chi connectivity index (χ3v) is 3.73. The molecule has 1 saturated carbocycles. The van der Waals surface area contributed by atoms with Crippen LogP contribution in [0, 0.1) is 13.8 Å². The number of rotatable bonds is 5. The maximum absolute atomic E-state index is 12.2. The second-order valence-electron chi connectivity index (χ2n) is 5.85. The van der Waals surface area contributed by atoms with Gasteiger partial charge in [0.05, 0.1) is 0 Å². The molecule has 2 N–H and O–H groups in total. The van der Waals surface area contributed by atoms with Crippen molar-refractivity contribution in [1.29, 1.82) is 0 Å². The highest BCUT2D eigenvalue weighted by Crippen LogP contribution is 2.29. The molecule has 104 valence electrons. The number of amides is 1. The van der Waals surface area contributed by atoms with E-state index in [4.69, 9.17) is 5.73 Å². The first-order valence-electron chi connectivity index (χ1n) is 7.08. The van der Waals surface area contributed by atoms with Gasteiger partial charge < -0.3 is 10.6 Å². The average Bonchev–Trinajstić information content (AvgIpc) is 3.13. The van der Waals surface area contributed by atoms with Gasteiger partial charge in [-0.3, -0.25) is 4.79 Å². The Morgan fingerprint density at radius 2 is 2.05 bits per heavy atom. The van der Waals surface area contributed by atoms with Crippen LogP contribution in [0.5, 0.6) is 0 Å². The first-order chi connectivity index (χ1) is 8.97. The van der Waals surface area contributed by atoms with Crippen molar-refractivity contribution in [2.45, 2.75) is 58.7 Å². The minimum Gasteiger partial charge on any atom is -0.335 e. The minimum atomic E-state index is -0.0616. The van der Waals surface area contributed by atoms with E-state index in [0.717, 1.165) is 19.4 Å². The molecular weight excluding hydrogens is 236 g/mol. The molecule has 0 saturated heterocycles. The third kappa shape index (κ3) is 3.80. The molecule has 1 aliphatic rings. The summed E-state index contributed by atoms with van der Waals surface area (Å²) >= 11 is 0. The normalized spacial score (nSPS) is 16.2. The van der Waals surface area contributed by atoms with Crippen LogP contribution in [0.15, 0.2) is 18.2 Å². The van der Waals surface area contributed by atoms with Gasteiger partial charge in [0.15, 0.2) is 0 Å². The van der Waals surface area contributed by atoms with Crippen LogP contribution >= 0.6 is 0 Å². The lowest BCUT2D eigenvalue weighted by Crippen LogP contribution is -2.36. The van der Waals surface area contributed by atoms with E-state index in [0.29, 0.717) is 12.5 Å². The highest BCUT2D eigenvalue weighted by Gasteiger charge is 2.32. The third-order valence-electron chi connectivity index (χ3n) is 3.73. The zero-order valence-corrected chi connectivity index (χ0v) is 12.1.